The van der Waals surface area contributed by atoms with Gasteiger partial charge in [0.15, 0.2) is 0 Å². The predicted octanol–water partition coefficient (Wildman–Crippen LogP) is 0.522. The van der Waals surface area contributed by atoms with Crippen LogP contribution in [0.1, 0.15) is 18.5 Å². The Labute approximate surface area is 125 Å². The lowest BCUT2D eigenvalue weighted by Crippen LogP contribution is -2.49. The van der Waals surface area contributed by atoms with Gasteiger partial charge in [-0.25, -0.2) is 0 Å². The Balaban J connectivity index is 1.98. The summed E-state index contributed by atoms with van der Waals surface area (Å²) in [5.74, 6) is 0.177. The third kappa shape index (κ3) is 3.86. The van der Waals surface area contributed by atoms with Crippen LogP contribution < -0.4 is 5.32 Å². The first kappa shape index (κ1) is 15.6. The van der Waals surface area contributed by atoms with Gasteiger partial charge < -0.3 is 20.4 Å². The summed E-state index contributed by atoms with van der Waals surface area (Å²) in [5.41, 5.74) is 0.698. The monoisotopic (exact) mass is 293 g/mol. The smallest absolute Gasteiger partial charge is 0.236 e. The fourth-order valence-electron chi connectivity index (χ4n) is 2.49. The van der Waals surface area contributed by atoms with E-state index in [2.05, 4.69) is 5.32 Å². The van der Waals surface area contributed by atoms with E-state index in [0.717, 1.165) is 26.2 Å². The summed E-state index contributed by atoms with van der Waals surface area (Å²) in [6.07, 6.45) is 0. The third-order valence-corrected chi connectivity index (χ3v) is 3.98. The van der Waals surface area contributed by atoms with Crippen LogP contribution in [-0.2, 0) is 4.79 Å². The molecule has 6 heteroatoms. The first-order valence-electron chi connectivity index (χ1n) is 7.19. The van der Waals surface area contributed by atoms with Gasteiger partial charge in [0.25, 0.3) is 0 Å². The summed E-state index contributed by atoms with van der Waals surface area (Å²) in [6.45, 7) is 5.39. The van der Waals surface area contributed by atoms with Crippen LogP contribution in [0.15, 0.2) is 18.2 Å². The standard InChI is InChI=1S/C15H23N3O3/c1-11(13-4-3-12(19)9-14(13)20)17(2)10-15(21)18-7-5-16-6-8-18/h3-4,9,11,16,19-20H,5-8,10H2,1-2H3. The average Bonchev–Trinajstić information content (AvgIpc) is 2.47. The second-order valence-electron chi connectivity index (χ2n) is 5.46. The first-order chi connectivity index (χ1) is 9.99. The fourth-order valence-corrected chi connectivity index (χ4v) is 2.49. The Morgan fingerprint density at radius 1 is 1.38 bits per heavy atom. The highest BCUT2D eigenvalue weighted by Crippen LogP contribution is 2.30. The van der Waals surface area contributed by atoms with Crippen LogP contribution in [0.2, 0.25) is 0 Å². The van der Waals surface area contributed by atoms with Crippen LogP contribution in [0.25, 0.3) is 0 Å². The Morgan fingerprint density at radius 3 is 2.67 bits per heavy atom. The van der Waals surface area contributed by atoms with Gasteiger partial charge in [0, 0.05) is 43.9 Å². The van der Waals surface area contributed by atoms with Crippen molar-refractivity contribution in [2.45, 2.75) is 13.0 Å². The van der Waals surface area contributed by atoms with Crippen molar-refractivity contribution in [1.82, 2.24) is 15.1 Å². The normalized spacial score (nSPS) is 17.0. The Hall–Kier alpha value is -1.79. The molecule has 1 heterocycles. The van der Waals surface area contributed by atoms with E-state index in [-0.39, 0.29) is 23.4 Å². The van der Waals surface area contributed by atoms with Crippen molar-refractivity contribution in [2.75, 3.05) is 39.8 Å². The first-order valence-corrected chi connectivity index (χ1v) is 7.19. The number of nitrogens with zero attached hydrogens (tertiary/aromatic N) is 2. The van der Waals surface area contributed by atoms with E-state index in [0.29, 0.717) is 12.1 Å². The van der Waals surface area contributed by atoms with Crippen LogP contribution in [0.3, 0.4) is 0 Å². The van der Waals surface area contributed by atoms with Gasteiger partial charge in [0.2, 0.25) is 5.91 Å². The molecular formula is C15H23N3O3. The van der Waals surface area contributed by atoms with Crippen LogP contribution in [0.5, 0.6) is 11.5 Å². The van der Waals surface area contributed by atoms with Crippen molar-refractivity contribution in [3.8, 4) is 11.5 Å². The Bertz CT molecular complexity index is 501. The fraction of sp³-hybridized carbons (Fsp3) is 0.533. The van der Waals surface area contributed by atoms with E-state index in [1.54, 1.807) is 6.07 Å². The van der Waals surface area contributed by atoms with Gasteiger partial charge in [-0.05, 0) is 20.0 Å². The molecule has 6 nitrogen and oxygen atoms in total. The van der Waals surface area contributed by atoms with E-state index < -0.39 is 0 Å². The number of nitrogens with one attached hydrogen (secondary N) is 1. The van der Waals surface area contributed by atoms with Crippen molar-refractivity contribution >= 4 is 5.91 Å². The summed E-state index contributed by atoms with van der Waals surface area (Å²) in [7, 11) is 1.86. The lowest BCUT2D eigenvalue weighted by Gasteiger charge is -2.31. The van der Waals surface area contributed by atoms with E-state index in [1.165, 1.54) is 12.1 Å². The molecule has 1 aliphatic rings. The second kappa shape index (κ2) is 6.78. The minimum Gasteiger partial charge on any atom is -0.508 e. The molecule has 2 rings (SSSR count). The van der Waals surface area contributed by atoms with Crippen LogP contribution in [-0.4, -0.2) is 65.7 Å². The molecule has 116 valence electrons. The number of likely N-dealkylation sites (N-methyl/N-ethyl adjacent to an activating group) is 1. The maximum Gasteiger partial charge on any atom is 0.236 e. The SMILES string of the molecule is CC(c1ccc(O)cc1O)N(C)CC(=O)N1CCNCC1. The van der Waals surface area contributed by atoms with E-state index in [9.17, 15) is 15.0 Å². The summed E-state index contributed by atoms with van der Waals surface area (Å²) in [5, 5.41) is 22.5. The molecule has 1 unspecified atom stereocenters. The van der Waals surface area contributed by atoms with Gasteiger partial charge in [0.1, 0.15) is 11.5 Å². The topological polar surface area (TPSA) is 76.0 Å². The minimum atomic E-state index is -0.113. The summed E-state index contributed by atoms with van der Waals surface area (Å²) in [4.78, 5) is 16.0. The number of rotatable bonds is 4. The zero-order valence-electron chi connectivity index (χ0n) is 12.5. The second-order valence-corrected chi connectivity index (χ2v) is 5.46. The van der Waals surface area contributed by atoms with Gasteiger partial charge in [0.05, 0.1) is 6.54 Å². The van der Waals surface area contributed by atoms with Crippen LogP contribution in [0, 0.1) is 0 Å². The van der Waals surface area contributed by atoms with Crippen molar-refractivity contribution in [3.05, 3.63) is 23.8 Å². The van der Waals surface area contributed by atoms with Crippen molar-refractivity contribution in [3.63, 3.8) is 0 Å². The quantitative estimate of drug-likeness (QED) is 0.755. The summed E-state index contributed by atoms with van der Waals surface area (Å²) in [6, 6.07) is 4.42. The van der Waals surface area contributed by atoms with Crippen molar-refractivity contribution in [1.29, 1.82) is 0 Å². The molecule has 0 aliphatic carbocycles. The number of amides is 1. The molecule has 1 aromatic rings. The number of aromatic hydroxyl groups is 2. The maximum absolute atomic E-state index is 12.2. The molecule has 0 aromatic heterocycles. The molecule has 0 saturated carbocycles. The van der Waals surface area contributed by atoms with Gasteiger partial charge in [-0.3, -0.25) is 9.69 Å². The number of piperazine rings is 1. The largest absolute Gasteiger partial charge is 0.508 e. The van der Waals surface area contributed by atoms with E-state index in [1.807, 2.05) is 23.8 Å². The highest BCUT2D eigenvalue weighted by atomic mass is 16.3. The van der Waals surface area contributed by atoms with Gasteiger partial charge >= 0.3 is 0 Å². The van der Waals surface area contributed by atoms with Crippen LogP contribution in [0.4, 0.5) is 0 Å². The van der Waals surface area contributed by atoms with Gasteiger partial charge in [-0.2, -0.15) is 0 Å². The summed E-state index contributed by atoms with van der Waals surface area (Å²) < 4.78 is 0. The number of hydrogen-bond acceptors (Lipinski definition) is 5. The maximum atomic E-state index is 12.2. The predicted molar refractivity (Wildman–Crippen MR) is 80.3 cm³/mol. The van der Waals surface area contributed by atoms with Gasteiger partial charge in [-0.15, -0.1) is 0 Å². The van der Waals surface area contributed by atoms with Crippen molar-refractivity contribution < 1.29 is 15.0 Å². The number of phenols is 2. The molecule has 1 atom stereocenters. The molecule has 1 aromatic carbocycles. The molecule has 0 spiro atoms. The molecular weight excluding hydrogens is 270 g/mol. The highest BCUT2D eigenvalue weighted by molar-refractivity contribution is 5.78. The average molecular weight is 293 g/mol. The zero-order chi connectivity index (χ0) is 15.4. The molecule has 3 N–H and O–H groups in total. The molecule has 1 fully saturated rings. The molecule has 1 aliphatic heterocycles. The molecule has 0 bridgehead atoms. The number of phenolic OH excluding ortho intramolecular Hbond substituents is 2. The lowest BCUT2D eigenvalue weighted by molar-refractivity contribution is -0.133. The summed E-state index contributed by atoms with van der Waals surface area (Å²) >= 11 is 0. The molecule has 0 radical (unpaired) electrons. The molecule has 21 heavy (non-hydrogen) atoms. The number of carbonyl (C=O) groups is 1. The third-order valence-electron chi connectivity index (χ3n) is 3.98. The number of benzene rings is 1. The van der Waals surface area contributed by atoms with E-state index in [4.69, 9.17) is 0 Å². The van der Waals surface area contributed by atoms with Gasteiger partial charge in [-0.1, -0.05) is 6.07 Å². The van der Waals surface area contributed by atoms with E-state index >= 15 is 0 Å². The van der Waals surface area contributed by atoms with Crippen LogP contribution >= 0.6 is 0 Å². The Kier molecular flexibility index (Phi) is 5.03. The minimum absolute atomic E-state index is 0.0306. The number of hydrogen-bond donors (Lipinski definition) is 3. The zero-order valence-corrected chi connectivity index (χ0v) is 12.5. The van der Waals surface area contributed by atoms with Crippen molar-refractivity contribution in [2.24, 2.45) is 0 Å². The molecule has 1 saturated heterocycles. The lowest BCUT2D eigenvalue weighted by atomic mass is 10.1. The molecule has 1 amide bonds. The number of carbonyl (C=O) groups excluding carboxylic acids is 1. The highest BCUT2D eigenvalue weighted by Gasteiger charge is 2.22. The Morgan fingerprint density at radius 2 is 2.05 bits per heavy atom.